The fourth-order valence-corrected chi connectivity index (χ4v) is 3.96. The zero-order chi connectivity index (χ0) is 18.4. The van der Waals surface area contributed by atoms with Crippen LogP contribution in [0.3, 0.4) is 0 Å². The van der Waals surface area contributed by atoms with Gasteiger partial charge in [-0.15, -0.1) is 0 Å². The number of rotatable bonds is 9. The van der Waals surface area contributed by atoms with Gasteiger partial charge in [0.05, 0.1) is 6.10 Å². The predicted molar refractivity (Wildman–Crippen MR) is 95.0 cm³/mol. The fraction of sp³-hybridized carbons (Fsp3) is 0.895. The average Bonchev–Trinajstić information content (AvgIpc) is 2.45. The number of ether oxygens (including phenoxy) is 2. The summed E-state index contributed by atoms with van der Waals surface area (Å²) in [5.41, 5.74) is 0.0205. The number of ketones is 1. The molecule has 0 N–H and O–H groups in total. The monoisotopic (exact) mass is 341 g/mol. The number of esters is 1. The maximum Gasteiger partial charge on any atom is 0.305 e. The lowest BCUT2D eigenvalue weighted by atomic mass is 9.78. The molecule has 1 fully saturated rings. The Hall–Kier alpha value is -0.940. The summed E-state index contributed by atoms with van der Waals surface area (Å²) in [5, 5.41) is 0. The molecule has 0 amide bonds. The SMILES string of the molecule is COC1CC(C)(C)N(CCOC(=O)CCCCC(C)=O)C(C)(C)C1. The van der Waals surface area contributed by atoms with Crippen LogP contribution >= 0.6 is 0 Å². The molecule has 140 valence electrons. The molecule has 0 aromatic rings. The van der Waals surface area contributed by atoms with Gasteiger partial charge in [-0.3, -0.25) is 9.69 Å². The van der Waals surface area contributed by atoms with Crippen LogP contribution in [0.2, 0.25) is 0 Å². The van der Waals surface area contributed by atoms with Crippen molar-refractivity contribution in [2.45, 2.75) is 90.3 Å². The normalized spacial score (nSPS) is 20.8. The van der Waals surface area contributed by atoms with E-state index in [2.05, 4.69) is 32.6 Å². The summed E-state index contributed by atoms with van der Waals surface area (Å²) in [7, 11) is 1.78. The van der Waals surface area contributed by atoms with Crippen molar-refractivity contribution in [3.8, 4) is 0 Å². The smallest absolute Gasteiger partial charge is 0.305 e. The molecule has 0 bridgehead atoms. The van der Waals surface area contributed by atoms with Crippen molar-refractivity contribution in [2.75, 3.05) is 20.3 Å². The molecular formula is C19H35NO4. The molecule has 0 radical (unpaired) electrons. The van der Waals surface area contributed by atoms with Crippen LogP contribution in [0, 0.1) is 0 Å². The largest absolute Gasteiger partial charge is 0.464 e. The molecule has 1 saturated heterocycles. The molecule has 0 aliphatic carbocycles. The zero-order valence-corrected chi connectivity index (χ0v) is 16.3. The van der Waals surface area contributed by atoms with E-state index in [4.69, 9.17) is 9.47 Å². The third-order valence-electron chi connectivity index (χ3n) is 4.99. The van der Waals surface area contributed by atoms with E-state index >= 15 is 0 Å². The Morgan fingerprint density at radius 1 is 1.04 bits per heavy atom. The van der Waals surface area contributed by atoms with Crippen molar-refractivity contribution < 1.29 is 19.1 Å². The first-order chi connectivity index (χ1) is 11.1. The maximum absolute atomic E-state index is 11.8. The number of piperidine rings is 1. The molecule has 5 heteroatoms. The van der Waals surface area contributed by atoms with E-state index in [1.165, 1.54) is 0 Å². The highest BCUT2D eigenvalue weighted by Crippen LogP contribution is 2.39. The van der Waals surface area contributed by atoms with Crippen molar-refractivity contribution in [2.24, 2.45) is 0 Å². The van der Waals surface area contributed by atoms with Crippen molar-refractivity contribution in [1.82, 2.24) is 4.90 Å². The number of hydrogen-bond acceptors (Lipinski definition) is 5. The molecule has 0 aromatic heterocycles. The second kappa shape index (κ2) is 8.95. The van der Waals surface area contributed by atoms with E-state index in [0.717, 1.165) is 25.8 Å². The van der Waals surface area contributed by atoms with E-state index in [1.54, 1.807) is 14.0 Å². The van der Waals surface area contributed by atoms with Crippen LogP contribution < -0.4 is 0 Å². The molecule has 1 heterocycles. The lowest BCUT2D eigenvalue weighted by Crippen LogP contribution is -2.62. The van der Waals surface area contributed by atoms with Crippen LogP contribution in [-0.2, 0) is 19.1 Å². The topological polar surface area (TPSA) is 55.8 Å². The van der Waals surface area contributed by atoms with Crippen LogP contribution in [0.15, 0.2) is 0 Å². The summed E-state index contributed by atoms with van der Waals surface area (Å²) >= 11 is 0. The summed E-state index contributed by atoms with van der Waals surface area (Å²) in [5.74, 6) is 0.00762. The van der Waals surface area contributed by atoms with E-state index < -0.39 is 0 Å². The first-order valence-electron chi connectivity index (χ1n) is 9.04. The Balaban J connectivity index is 2.40. The van der Waals surface area contributed by atoms with Crippen LogP contribution in [0.1, 0.15) is 73.1 Å². The zero-order valence-electron chi connectivity index (χ0n) is 16.3. The Kier molecular flexibility index (Phi) is 7.87. The van der Waals surface area contributed by atoms with Crippen LogP contribution in [0.5, 0.6) is 0 Å². The maximum atomic E-state index is 11.8. The molecule has 0 saturated carbocycles. The Bertz CT molecular complexity index is 413. The van der Waals surface area contributed by atoms with Gasteiger partial charge in [0.15, 0.2) is 0 Å². The first-order valence-corrected chi connectivity index (χ1v) is 9.04. The molecule has 0 atom stereocenters. The molecule has 0 unspecified atom stereocenters. The minimum atomic E-state index is -0.166. The molecule has 0 spiro atoms. The van der Waals surface area contributed by atoms with Crippen LogP contribution in [-0.4, -0.2) is 54.1 Å². The van der Waals surface area contributed by atoms with E-state index in [1.807, 2.05) is 0 Å². The highest BCUT2D eigenvalue weighted by molar-refractivity contribution is 5.75. The summed E-state index contributed by atoms with van der Waals surface area (Å²) in [6, 6.07) is 0. The Labute approximate surface area is 147 Å². The minimum Gasteiger partial charge on any atom is -0.464 e. The van der Waals surface area contributed by atoms with E-state index in [9.17, 15) is 9.59 Å². The van der Waals surface area contributed by atoms with Gasteiger partial charge in [-0.2, -0.15) is 0 Å². The lowest BCUT2D eigenvalue weighted by molar-refractivity contribution is -0.147. The average molecular weight is 341 g/mol. The molecule has 24 heavy (non-hydrogen) atoms. The van der Waals surface area contributed by atoms with Crippen molar-refractivity contribution in [3.05, 3.63) is 0 Å². The quantitative estimate of drug-likeness (QED) is 0.475. The van der Waals surface area contributed by atoms with Gasteiger partial charge in [0.2, 0.25) is 0 Å². The van der Waals surface area contributed by atoms with Gasteiger partial charge in [-0.1, -0.05) is 0 Å². The fourth-order valence-electron chi connectivity index (χ4n) is 3.96. The highest BCUT2D eigenvalue weighted by Gasteiger charge is 2.45. The van der Waals surface area contributed by atoms with Gasteiger partial charge in [0.25, 0.3) is 0 Å². The van der Waals surface area contributed by atoms with Gasteiger partial charge in [0, 0.05) is 37.6 Å². The Morgan fingerprint density at radius 2 is 1.58 bits per heavy atom. The van der Waals surface area contributed by atoms with E-state index in [-0.39, 0.29) is 28.9 Å². The summed E-state index contributed by atoms with van der Waals surface area (Å²) < 4.78 is 11.0. The summed E-state index contributed by atoms with van der Waals surface area (Å²) in [6.07, 6.45) is 4.65. The predicted octanol–water partition coefficient (Wildman–Crippen LogP) is 3.35. The Morgan fingerprint density at radius 3 is 2.08 bits per heavy atom. The summed E-state index contributed by atoms with van der Waals surface area (Å²) in [4.78, 5) is 25.1. The van der Waals surface area contributed by atoms with Crippen molar-refractivity contribution >= 4 is 11.8 Å². The van der Waals surface area contributed by atoms with Gasteiger partial charge >= 0.3 is 5.97 Å². The van der Waals surface area contributed by atoms with Gasteiger partial charge in [-0.05, 0) is 60.3 Å². The number of carbonyl (C=O) groups excluding carboxylic acids is 2. The third-order valence-corrected chi connectivity index (χ3v) is 4.99. The van der Waals surface area contributed by atoms with Crippen molar-refractivity contribution in [1.29, 1.82) is 0 Å². The van der Waals surface area contributed by atoms with Gasteiger partial charge < -0.3 is 14.3 Å². The number of likely N-dealkylation sites (tertiary alicyclic amines) is 1. The van der Waals surface area contributed by atoms with Gasteiger partial charge in [-0.25, -0.2) is 0 Å². The first kappa shape index (κ1) is 21.1. The number of methoxy groups -OCH3 is 1. The molecule has 1 aliphatic heterocycles. The standard InChI is InChI=1S/C19H35NO4/c1-15(21)9-7-8-10-17(22)24-12-11-20-18(2,3)13-16(23-6)14-19(20,4)5/h16H,7-14H2,1-6H3. The number of unbranched alkanes of at least 4 members (excludes halogenated alkanes) is 1. The molecule has 1 aliphatic rings. The third kappa shape index (κ3) is 6.52. The number of hydrogen-bond donors (Lipinski definition) is 0. The molecule has 1 rings (SSSR count). The van der Waals surface area contributed by atoms with Crippen LogP contribution in [0.25, 0.3) is 0 Å². The molecule has 0 aromatic carbocycles. The molecule has 5 nitrogen and oxygen atoms in total. The molecular weight excluding hydrogens is 306 g/mol. The van der Waals surface area contributed by atoms with Crippen LogP contribution in [0.4, 0.5) is 0 Å². The minimum absolute atomic E-state index is 0.0102. The number of nitrogens with zero attached hydrogens (tertiary/aromatic N) is 1. The second-order valence-corrected chi connectivity index (χ2v) is 8.17. The second-order valence-electron chi connectivity index (χ2n) is 8.17. The summed E-state index contributed by atoms with van der Waals surface area (Å²) in [6.45, 7) is 11.6. The number of Topliss-reactive ketones (excluding diaryl/α,β-unsaturated/α-hetero) is 1. The lowest BCUT2D eigenvalue weighted by Gasteiger charge is -2.55. The van der Waals surface area contributed by atoms with Crippen molar-refractivity contribution in [3.63, 3.8) is 0 Å². The number of carbonyl (C=O) groups is 2. The van der Waals surface area contributed by atoms with E-state index in [0.29, 0.717) is 25.9 Å². The highest BCUT2D eigenvalue weighted by atomic mass is 16.5. The van der Waals surface area contributed by atoms with Gasteiger partial charge in [0.1, 0.15) is 12.4 Å².